The molecule has 2 aliphatic rings. The van der Waals surface area contributed by atoms with Crippen molar-refractivity contribution in [1.29, 1.82) is 0 Å². The first-order chi connectivity index (χ1) is 12.3. The van der Waals surface area contributed by atoms with Crippen molar-refractivity contribution >= 4 is 5.97 Å². The molecule has 1 spiro atoms. The van der Waals surface area contributed by atoms with Crippen LogP contribution in [0.25, 0.3) is 0 Å². The van der Waals surface area contributed by atoms with Crippen LogP contribution >= 0.6 is 0 Å². The molecule has 1 aromatic rings. The highest BCUT2D eigenvalue weighted by Crippen LogP contribution is 2.41. The lowest BCUT2D eigenvalue weighted by Gasteiger charge is -2.46. The molecule has 2 saturated heterocycles. The minimum absolute atomic E-state index is 0.0915. The maximum absolute atomic E-state index is 12.0. The van der Waals surface area contributed by atoms with Crippen molar-refractivity contribution in [2.45, 2.75) is 58.6 Å². The summed E-state index contributed by atoms with van der Waals surface area (Å²) < 4.78 is 5.46. The Morgan fingerprint density at radius 1 is 0.962 bits per heavy atom. The van der Waals surface area contributed by atoms with E-state index in [0.29, 0.717) is 12.0 Å². The van der Waals surface area contributed by atoms with Crippen LogP contribution in [0.2, 0.25) is 0 Å². The molecule has 0 amide bonds. The van der Waals surface area contributed by atoms with Gasteiger partial charge in [-0.3, -0.25) is 14.6 Å². The number of esters is 1. The number of benzene rings is 1. The first kappa shape index (κ1) is 19.4. The fourth-order valence-electron chi connectivity index (χ4n) is 4.27. The quantitative estimate of drug-likeness (QED) is 0.768. The minimum atomic E-state index is -0.389. The topological polar surface area (TPSA) is 32.8 Å². The summed E-state index contributed by atoms with van der Waals surface area (Å²) in [4.78, 5) is 16.9. The van der Waals surface area contributed by atoms with Crippen molar-refractivity contribution in [2.75, 3.05) is 32.7 Å². The van der Waals surface area contributed by atoms with E-state index in [0.717, 1.165) is 19.6 Å². The van der Waals surface area contributed by atoms with Crippen molar-refractivity contribution < 1.29 is 9.53 Å². The van der Waals surface area contributed by atoms with Crippen LogP contribution in [0.15, 0.2) is 30.3 Å². The number of hydrogen-bond donors (Lipinski definition) is 0. The molecule has 144 valence electrons. The van der Waals surface area contributed by atoms with Crippen LogP contribution < -0.4 is 0 Å². The normalized spacial score (nSPS) is 21.7. The highest BCUT2D eigenvalue weighted by Gasteiger charge is 2.37. The molecule has 0 bridgehead atoms. The molecular weight excluding hydrogens is 324 g/mol. The van der Waals surface area contributed by atoms with Crippen molar-refractivity contribution in [1.82, 2.24) is 9.80 Å². The minimum Gasteiger partial charge on any atom is -0.459 e. The van der Waals surface area contributed by atoms with Crippen LogP contribution in [0.4, 0.5) is 0 Å². The molecule has 26 heavy (non-hydrogen) atoms. The van der Waals surface area contributed by atoms with Gasteiger partial charge in [0.25, 0.3) is 0 Å². The van der Waals surface area contributed by atoms with Gasteiger partial charge >= 0.3 is 5.97 Å². The average Bonchev–Trinajstić information content (AvgIpc) is 2.59. The number of carbonyl (C=O) groups is 1. The van der Waals surface area contributed by atoms with Crippen molar-refractivity contribution in [2.24, 2.45) is 5.41 Å². The van der Waals surface area contributed by atoms with Gasteiger partial charge in [0.1, 0.15) is 5.60 Å². The zero-order valence-electron chi connectivity index (χ0n) is 16.7. The number of nitrogens with zero attached hydrogens (tertiary/aromatic N) is 2. The molecule has 2 aliphatic heterocycles. The lowest BCUT2D eigenvalue weighted by molar-refractivity contribution is -0.156. The van der Waals surface area contributed by atoms with Gasteiger partial charge in [-0.1, -0.05) is 30.3 Å². The second kappa shape index (κ2) is 8.10. The second-order valence-corrected chi connectivity index (χ2v) is 9.12. The van der Waals surface area contributed by atoms with Gasteiger partial charge in [0.15, 0.2) is 0 Å². The number of piperidine rings is 2. The van der Waals surface area contributed by atoms with Gasteiger partial charge in [-0.15, -0.1) is 0 Å². The van der Waals surface area contributed by atoms with E-state index in [4.69, 9.17) is 4.74 Å². The van der Waals surface area contributed by atoms with E-state index < -0.39 is 0 Å². The number of likely N-dealkylation sites (tertiary alicyclic amines) is 2. The molecule has 0 N–H and O–H groups in total. The van der Waals surface area contributed by atoms with Crippen molar-refractivity contribution in [3.63, 3.8) is 0 Å². The summed E-state index contributed by atoms with van der Waals surface area (Å²) in [5.41, 5.74) is 1.52. The maximum atomic E-state index is 12.0. The van der Waals surface area contributed by atoms with E-state index in [9.17, 15) is 4.79 Å². The summed E-state index contributed by atoms with van der Waals surface area (Å²) in [5, 5.41) is 0. The smallest absolute Gasteiger partial charge is 0.320 e. The Morgan fingerprint density at radius 2 is 1.50 bits per heavy atom. The number of carbonyl (C=O) groups excluding carboxylic acids is 1. The number of ether oxygens (including phenoxy) is 1. The third-order valence-corrected chi connectivity index (χ3v) is 5.86. The highest BCUT2D eigenvalue weighted by molar-refractivity contribution is 5.72. The van der Waals surface area contributed by atoms with Crippen molar-refractivity contribution in [3.8, 4) is 0 Å². The van der Waals surface area contributed by atoms with E-state index >= 15 is 0 Å². The van der Waals surface area contributed by atoms with E-state index in [-0.39, 0.29) is 11.6 Å². The first-order valence-corrected chi connectivity index (χ1v) is 10.0. The Hall–Kier alpha value is -1.39. The molecule has 0 atom stereocenters. The standard InChI is InChI=1S/C22H34N2O2/c1-21(2,3)26-20(25)18-24-15-11-22(12-16-24)9-13-23(14-10-22)17-19-7-5-4-6-8-19/h4-8H,9-18H2,1-3H3. The molecule has 2 heterocycles. The summed E-state index contributed by atoms with van der Waals surface area (Å²) in [6.45, 7) is 11.7. The van der Waals surface area contributed by atoms with E-state index in [1.807, 2.05) is 20.8 Å². The van der Waals surface area contributed by atoms with E-state index in [2.05, 4.69) is 40.1 Å². The zero-order chi connectivity index (χ0) is 18.6. The lowest BCUT2D eigenvalue weighted by Crippen LogP contribution is -2.48. The Morgan fingerprint density at radius 3 is 2.04 bits per heavy atom. The van der Waals surface area contributed by atoms with Crippen LogP contribution in [0.3, 0.4) is 0 Å². The van der Waals surface area contributed by atoms with Gasteiger partial charge < -0.3 is 4.74 Å². The molecule has 0 unspecified atom stereocenters. The second-order valence-electron chi connectivity index (χ2n) is 9.12. The van der Waals surface area contributed by atoms with Gasteiger partial charge in [0.05, 0.1) is 6.54 Å². The average molecular weight is 359 g/mol. The molecule has 2 fully saturated rings. The highest BCUT2D eigenvalue weighted by atomic mass is 16.6. The van der Waals surface area contributed by atoms with Gasteiger partial charge in [0.2, 0.25) is 0 Å². The monoisotopic (exact) mass is 358 g/mol. The molecule has 1 aromatic carbocycles. The predicted octanol–water partition coefficient (Wildman–Crippen LogP) is 3.71. The van der Waals surface area contributed by atoms with Crippen LogP contribution in [0.5, 0.6) is 0 Å². The Kier molecular flexibility index (Phi) is 6.03. The zero-order valence-corrected chi connectivity index (χ0v) is 16.7. The Balaban J connectivity index is 1.41. The van der Waals surface area contributed by atoms with Crippen molar-refractivity contribution in [3.05, 3.63) is 35.9 Å². The lowest BCUT2D eigenvalue weighted by atomic mass is 9.71. The molecule has 0 aromatic heterocycles. The third kappa shape index (κ3) is 5.55. The maximum Gasteiger partial charge on any atom is 0.320 e. The molecule has 4 heteroatoms. The Labute approximate surface area is 158 Å². The van der Waals surface area contributed by atoms with Crippen LogP contribution in [0, 0.1) is 5.41 Å². The molecule has 0 saturated carbocycles. The summed E-state index contributed by atoms with van der Waals surface area (Å²) in [5.74, 6) is -0.0915. The van der Waals surface area contributed by atoms with Gasteiger partial charge in [-0.2, -0.15) is 0 Å². The fraction of sp³-hybridized carbons (Fsp3) is 0.682. The van der Waals surface area contributed by atoms with Gasteiger partial charge in [-0.25, -0.2) is 0 Å². The SMILES string of the molecule is CC(C)(C)OC(=O)CN1CCC2(CC1)CCN(Cc1ccccc1)CC2. The van der Waals surface area contributed by atoms with Crippen LogP contribution in [-0.2, 0) is 16.1 Å². The van der Waals surface area contributed by atoms with E-state index in [1.165, 1.54) is 44.3 Å². The molecular formula is C22H34N2O2. The summed E-state index contributed by atoms with van der Waals surface area (Å²) >= 11 is 0. The molecule has 0 aliphatic carbocycles. The van der Waals surface area contributed by atoms with Crippen LogP contribution in [-0.4, -0.2) is 54.1 Å². The fourth-order valence-corrected chi connectivity index (χ4v) is 4.27. The van der Waals surface area contributed by atoms with E-state index in [1.54, 1.807) is 0 Å². The van der Waals surface area contributed by atoms with Gasteiger partial charge in [-0.05, 0) is 83.6 Å². The van der Waals surface area contributed by atoms with Gasteiger partial charge in [0, 0.05) is 6.54 Å². The third-order valence-electron chi connectivity index (χ3n) is 5.86. The van der Waals surface area contributed by atoms with Crippen LogP contribution in [0.1, 0.15) is 52.0 Å². The summed E-state index contributed by atoms with van der Waals surface area (Å²) in [7, 11) is 0. The summed E-state index contributed by atoms with van der Waals surface area (Å²) in [6.07, 6.45) is 5.02. The Bertz CT molecular complexity index is 576. The first-order valence-electron chi connectivity index (χ1n) is 10.0. The predicted molar refractivity (Wildman–Crippen MR) is 105 cm³/mol. The summed E-state index contributed by atoms with van der Waals surface area (Å²) in [6, 6.07) is 10.8. The largest absolute Gasteiger partial charge is 0.459 e. The molecule has 3 rings (SSSR count). The number of hydrogen-bond acceptors (Lipinski definition) is 4. The molecule has 4 nitrogen and oxygen atoms in total. The molecule has 0 radical (unpaired) electrons. The number of rotatable bonds is 4.